The zero-order valence-corrected chi connectivity index (χ0v) is 66.4. The van der Waals surface area contributed by atoms with E-state index in [2.05, 4.69) is 202 Å². The van der Waals surface area contributed by atoms with Crippen LogP contribution < -0.4 is 34.4 Å². The number of unbranched alkanes of at least 4 members (excludes halogenated alkanes) is 15. The van der Waals surface area contributed by atoms with Crippen molar-refractivity contribution < 1.29 is 48.0 Å². The molecule has 13 heteroatoms. The van der Waals surface area contributed by atoms with Crippen LogP contribution in [0.2, 0.25) is 0 Å². The molecule has 3 aliphatic heterocycles. The first kappa shape index (κ1) is 77.1. The minimum atomic E-state index is -1.08. The van der Waals surface area contributed by atoms with Crippen molar-refractivity contribution in [2.45, 2.75) is 163 Å². The van der Waals surface area contributed by atoms with Gasteiger partial charge in [-0.2, -0.15) is 0 Å². The summed E-state index contributed by atoms with van der Waals surface area (Å²) in [5, 5.41) is 3.02. The summed E-state index contributed by atoms with van der Waals surface area (Å²) in [5.74, 6) is 3.80. The van der Waals surface area contributed by atoms with Crippen LogP contribution in [0.25, 0.3) is 97.0 Å². The van der Waals surface area contributed by atoms with Crippen molar-refractivity contribution in [3.8, 4) is 61.8 Å². The zero-order valence-electron chi connectivity index (χ0n) is 63.5. The number of carbonyl (C=O) groups excluding carboxylic acids is 2. The third-order valence-electron chi connectivity index (χ3n) is 21.6. The molecule has 1 saturated heterocycles. The summed E-state index contributed by atoms with van der Waals surface area (Å²) < 4.78 is 24.9. The van der Waals surface area contributed by atoms with Gasteiger partial charge < -0.3 is 39.1 Å². The van der Waals surface area contributed by atoms with Gasteiger partial charge in [-0.25, -0.2) is 14.8 Å². The fraction of sp³-hybridized carbons (Fsp3) is 0.362. The van der Waals surface area contributed by atoms with Crippen LogP contribution >= 0.6 is 0 Å². The predicted molar refractivity (Wildman–Crippen MR) is 437 cm³/mol. The Morgan fingerprint density at radius 1 is 0.477 bits per heavy atom. The third-order valence-corrected chi connectivity index (χ3v) is 21.6. The number of carbonyl (C=O) groups is 2. The first-order valence-corrected chi connectivity index (χ1v) is 39.5. The molecule has 1 saturated carbocycles. The van der Waals surface area contributed by atoms with Crippen LogP contribution in [0.5, 0.6) is 17.2 Å². The standard InChI is InChI=1S/C94H105N6O6.Zn/c1-6-9-12-15-18-24-59-103-76-45-35-69(36-46-76)90-83-53-51-81(96-83)89(68-31-41-74(42-32-68)95-93(101)66(5)106-94(102)72-33-43-75(44-34-72)100-63-79-65(4)62-73(80(79)64-100)30-29-67-27-22-21-23-28-67)82-52-54-84(97-82)91(70-37-47-77(48-38-70)104-60-25-19-16-13-10-7-2)86-56-58-88(99-86)92(87-57-55-85(90)98-87)71-39-49-78(50-40-71)105-61-26-20-17-14-11-8-3;/h21-23,27-58,65-66,73,79-80H,6-20,24-26,59-64H2,1-5H3,(H2-,95,96,97,98,99,101);/q-1;+2/p-1/b30-29+,89-81?,89-82?,90-83?,90-85?,91-84?,91-86?,92-87?,92-88?;/t65-,66+,73+,79+,80-;/m1./s1. The molecule has 1 amide bonds. The van der Waals surface area contributed by atoms with Gasteiger partial charge in [0.1, 0.15) is 17.2 Å². The number of anilines is 2. The summed E-state index contributed by atoms with van der Waals surface area (Å²) in [7, 11) is 0. The number of hydrogen-bond donors (Lipinski definition) is 1. The van der Waals surface area contributed by atoms with Crippen LogP contribution in [0, 0.1) is 23.7 Å². The van der Waals surface area contributed by atoms with Gasteiger partial charge >= 0.3 is 25.4 Å². The molecule has 2 fully saturated rings. The molecule has 548 valence electrons. The maximum atomic E-state index is 14.0. The molecule has 1 aliphatic carbocycles. The van der Waals surface area contributed by atoms with Crippen molar-refractivity contribution in [3.05, 3.63) is 216 Å². The van der Waals surface area contributed by atoms with Crippen molar-refractivity contribution >= 4 is 75.7 Å². The van der Waals surface area contributed by atoms with E-state index in [1.54, 1.807) is 6.92 Å². The molecule has 9 aromatic rings. The Morgan fingerprint density at radius 3 is 1.27 bits per heavy atom. The Morgan fingerprint density at radius 2 is 0.860 bits per heavy atom. The molecule has 6 aromatic carbocycles. The van der Waals surface area contributed by atoms with Gasteiger partial charge in [0.15, 0.2) is 6.10 Å². The second-order valence-electron chi connectivity index (χ2n) is 29.3. The zero-order chi connectivity index (χ0) is 73.0. The van der Waals surface area contributed by atoms with Gasteiger partial charge in [-0.15, -0.1) is 22.1 Å². The minimum Gasteiger partial charge on any atom is -0.657 e. The van der Waals surface area contributed by atoms with Crippen LogP contribution in [-0.2, 0) is 29.0 Å². The van der Waals surface area contributed by atoms with E-state index >= 15 is 0 Å². The van der Waals surface area contributed by atoms with E-state index < -0.39 is 18.0 Å². The van der Waals surface area contributed by atoms with E-state index in [1.165, 1.54) is 89.0 Å². The van der Waals surface area contributed by atoms with E-state index in [0.29, 0.717) is 66.0 Å². The predicted octanol–water partition coefficient (Wildman–Crippen LogP) is 23.4. The van der Waals surface area contributed by atoms with Gasteiger partial charge in [0.2, 0.25) is 0 Å². The molecule has 107 heavy (non-hydrogen) atoms. The summed E-state index contributed by atoms with van der Waals surface area (Å²) in [6, 6.07) is 59.2. The van der Waals surface area contributed by atoms with Crippen molar-refractivity contribution in [3.63, 3.8) is 0 Å². The van der Waals surface area contributed by atoms with E-state index in [-0.39, 0.29) is 19.5 Å². The normalized spacial score (nSPS) is 16.0. The molecular formula is C94H104N6O6Zn. The van der Waals surface area contributed by atoms with E-state index in [9.17, 15) is 9.59 Å². The molecule has 6 heterocycles. The van der Waals surface area contributed by atoms with Gasteiger partial charge in [-0.1, -0.05) is 239 Å². The Kier molecular flexibility index (Phi) is 27.6. The molecule has 5 atom stereocenters. The number of nitrogens with zero attached hydrogens (tertiary/aromatic N) is 5. The monoisotopic (exact) mass is 1480 g/mol. The summed E-state index contributed by atoms with van der Waals surface area (Å²) >= 11 is 0. The second kappa shape index (κ2) is 38.3. The van der Waals surface area contributed by atoms with Crippen LogP contribution in [0.1, 0.15) is 195 Å². The third kappa shape index (κ3) is 19.8. The number of amides is 1. The molecule has 13 rings (SSSR count). The fourth-order valence-electron chi connectivity index (χ4n) is 15.6. The van der Waals surface area contributed by atoms with Crippen LogP contribution in [0.15, 0.2) is 182 Å². The number of benzene rings is 6. The Hall–Kier alpha value is -9.58. The molecular weight excluding hydrogens is 1370 g/mol. The molecule has 0 radical (unpaired) electrons. The Bertz CT molecular complexity index is 4600. The number of aromatic nitrogens is 4. The maximum absolute atomic E-state index is 14.0. The SMILES string of the molecule is CCCCCCCCOc1ccc(-c2c3nc(c(-c4ccc(OCCCCCCCC)cc4)c4ccc([n-]4)c(-c4ccc(OCCCCCCCC)cc4)c4nc(c(-c5ccc(NC(=O)[C@H](C)OC(=O)c6ccc(N7C[C@@H]8[C@H](C7)[C@@H](/C=C/c7ccccc7)C[C@H]8C)cc6)cc5)c5ccc2[n-]5)C=C4)C=C3)cc1.[Zn+2]. The topological polar surface area (TPSA) is 140 Å². The molecule has 3 aromatic heterocycles. The molecule has 0 unspecified atom stereocenters. The van der Waals surface area contributed by atoms with Crippen molar-refractivity contribution in [1.29, 1.82) is 0 Å². The fourth-order valence-corrected chi connectivity index (χ4v) is 15.6. The molecule has 4 aliphatic rings. The van der Waals surface area contributed by atoms with Crippen LogP contribution in [0.3, 0.4) is 0 Å². The minimum absolute atomic E-state index is 0. The van der Waals surface area contributed by atoms with Gasteiger partial charge in [-0.3, -0.25) is 4.79 Å². The summed E-state index contributed by atoms with van der Waals surface area (Å²) in [4.78, 5) is 52.4. The number of fused-ring (bicyclic) bond motifs is 9. The number of esters is 1. The smallest absolute Gasteiger partial charge is 0.657 e. The van der Waals surface area contributed by atoms with Gasteiger partial charge in [0, 0.05) is 24.5 Å². The Labute approximate surface area is 646 Å². The molecule has 0 spiro atoms. The van der Waals surface area contributed by atoms with Gasteiger partial charge in [0.25, 0.3) is 5.91 Å². The number of ether oxygens (including phenoxy) is 4. The van der Waals surface area contributed by atoms with Crippen molar-refractivity contribution in [2.75, 3.05) is 43.1 Å². The van der Waals surface area contributed by atoms with Gasteiger partial charge in [0.05, 0.1) is 48.2 Å². The van der Waals surface area contributed by atoms with E-state index in [4.69, 9.17) is 38.9 Å². The summed E-state index contributed by atoms with van der Waals surface area (Å²) in [6.45, 7) is 14.7. The quantitative estimate of drug-likeness (QED) is 0.0231. The van der Waals surface area contributed by atoms with Crippen LogP contribution in [-0.4, -0.2) is 60.9 Å². The summed E-state index contributed by atoms with van der Waals surface area (Å²) in [5.41, 5.74) is 16.2. The second-order valence-corrected chi connectivity index (χ2v) is 29.3. The molecule has 12 nitrogen and oxygen atoms in total. The number of rotatable bonds is 35. The maximum Gasteiger partial charge on any atom is 2.00 e. The van der Waals surface area contributed by atoms with Crippen LogP contribution in [0.4, 0.5) is 11.4 Å². The van der Waals surface area contributed by atoms with Crippen molar-refractivity contribution in [2.24, 2.45) is 23.7 Å². The van der Waals surface area contributed by atoms with E-state index in [0.717, 1.165) is 153 Å². The number of hydrogen-bond acceptors (Lipinski definition) is 9. The summed E-state index contributed by atoms with van der Waals surface area (Å²) in [6.07, 6.45) is 34.6. The number of nitrogens with one attached hydrogen (secondary N) is 1. The molecule has 1 N–H and O–H groups in total. The first-order valence-electron chi connectivity index (χ1n) is 39.5. The first-order chi connectivity index (χ1) is 52.1. The average molecular weight is 1480 g/mol. The molecule has 8 bridgehead atoms. The Balaban J connectivity index is 0.0000107. The van der Waals surface area contributed by atoms with E-state index in [1.807, 2.05) is 48.5 Å². The largest absolute Gasteiger partial charge is 2.00 e. The average Bonchev–Trinajstić information content (AvgIpc) is 1.63. The van der Waals surface area contributed by atoms with Gasteiger partial charge in [-0.05, 0) is 203 Å². The number of allylic oxidation sites excluding steroid dienone is 1. The van der Waals surface area contributed by atoms with Crippen molar-refractivity contribution in [1.82, 2.24) is 19.9 Å².